The molecule has 0 radical (unpaired) electrons. The summed E-state index contributed by atoms with van der Waals surface area (Å²) in [5, 5.41) is 0. The lowest BCUT2D eigenvalue weighted by Gasteiger charge is -2.18. The number of unbranched alkanes of at least 4 members (excludes halogenated alkanes) is 17. The number of rotatable bonds is 27. The topological polar surface area (TPSA) is 119 Å². The van der Waals surface area contributed by atoms with Crippen LogP contribution in [-0.4, -0.2) is 41.0 Å². The number of hydrogen-bond donors (Lipinski definition) is 2. The molecule has 0 amide bonds. The average molecular weight is 551 g/mol. The Hall–Kier alpha value is -0.950. The highest BCUT2D eigenvalue weighted by Gasteiger charge is 2.22. The van der Waals surface area contributed by atoms with Gasteiger partial charge in [0.25, 0.3) is 0 Å². The molecule has 0 spiro atoms. The zero-order valence-electron chi connectivity index (χ0n) is 23.6. The average Bonchev–Trinajstić information content (AvgIpc) is 2.85. The predicted molar refractivity (Wildman–Crippen MR) is 147 cm³/mol. The number of phosphoric ester groups is 1. The van der Waals surface area contributed by atoms with E-state index in [1.807, 2.05) is 0 Å². The van der Waals surface area contributed by atoms with Crippen LogP contribution in [0.5, 0.6) is 0 Å². The van der Waals surface area contributed by atoms with Crippen molar-refractivity contribution >= 4 is 19.8 Å². The molecule has 0 bridgehead atoms. The number of carbonyl (C=O) groups is 2. The smallest absolute Gasteiger partial charge is 0.462 e. The van der Waals surface area contributed by atoms with E-state index in [4.69, 9.17) is 19.3 Å². The third kappa shape index (κ3) is 27.9. The zero-order valence-corrected chi connectivity index (χ0v) is 24.5. The van der Waals surface area contributed by atoms with Gasteiger partial charge in [-0.3, -0.25) is 14.1 Å². The fraction of sp³-hybridized carbons (Fsp3) is 0.929. The summed E-state index contributed by atoms with van der Waals surface area (Å²) in [4.78, 5) is 42.1. The van der Waals surface area contributed by atoms with E-state index in [9.17, 15) is 14.2 Å². The molecule has 0 rings (SSSR count). The van der Waals surface area contributed by atoms with E-state index < -0.39 is 32.5 Å². The summed E-state index contributed by atoms with van der Waals surface area (Å²) in [6, 6.07) is 0. The maximum Gasteiger partial charge on any atom is 0.469 e. The molecule has 0 saturated heterocycles. The van der Waals surface area contributed by atoms with Gasteiger partial charge in [-0.05, 0) is 12.8 Å². The molecule has 1 atom stereocenters. The van der Waals surface area contributed by atoms with Crippen molar-refractivity contribution in [2.75, 3.05) is 13.2 Å². The van der Waals surface area contributed by atoms with Crippen molar-refractivity contribution in [3.8, 4) is 0 Å². The Morgan fingerprint density at radius 1 is 0.595 bits per heavy atom. The van der Waals surface area contributed by atoms with Gasteiger partial charge in [0.05, 0.1) is 6.61 Å². The largest absolute Gasteiger partial charge is 0.469 e. The molecule has 0 saturated carbocycles. The van der Waals surface area contributed by atoms with Crippen molar-refractivity contribution in [2.24, 2.45) is 0 Å². The van der Waals surface area contributed by atoms with Crippen molar-refractivity contribution in [2.45, 2.75) is 155 Å². The lowest BCUT2D eigenvalue weighted by molar-refractivity contribution is -0.161. The number of ether oxygens (including phenoxy) is 2. The Bertz CT molecular complexity index is 593. The van der Waals surface area contributed by atoms with Crippen LogP contribution in [0.2, 0.25) is 0 Å². The normalized spacial score (nSPS) is 12.4. The lowest BCUT2D eigenvalue weighted by Crippen LogP contribution is -2.29. The standard InChI is InChI=1S/C28H55O8P/c1-3-5-7-9-11-12-13-14-15-16-17-19-21-23-28(30)36-26(25-35-37(31,32)33)24-34-27(29)22-20-18-10-8-6-4-2/h26H,3-25H2,1-2H3,(H2,31,32,33)/t26-/m1/s1. The molecular weight excluding hydrogens is 495 g/mol. The van der Waals surface area contributed by atoms with Crippen LogP contribution in [0, 0.1) is 0 Å². The molecule has 0 aliphatic rings. The molecule has 220 valence electrons. The number of hydrogen-bond acceptors (Lipinski definition) is 6. The zero-order chi connectivity index (χ0) is 27.6. The molecule has 0 fully saturated rings. The minimum Gasteiger partial charge on any atom is -0.462 e. The number of esters is 2. The highest BCUT2D eigenvalue weighted by molar-refractivity contribution is 7.46. The van der Waals surface area contributed by atoms with E-state index in [1.165, 1.54) is 64.2 Å². The van der Waals surface area contributed by atoms with Gasteiger partial charge in [0.2, 0.25) is 0 Å². The van der Waals surface area contributed by atoms with Crippen LogP contribution < -0.4 is 0 Å². The molecular formula is C28H55O8P. The maximum absolute atomic E-state index is 12.2. The fourth-order valence-electron chi connectivity index (χ4n) is 4.14. The van der Waals surface area contributed by atoms with Crippen molar-refractivity contribution in [3.05, 3.63) is 0 Å². The van der Waals surface area contributed by atoms with E-state index in [2.05, 4.69) is 18.4 Å². The van der Waals surface area contributed by atoms with Gasteiger partial charge in [-0.1, -0.05) is 123 Å². The van der Waals surface area contributed by atoms with Crippen LogP contribution >= 0.6 is 7.82 Å². The molecule has 0 aromatic carbocycles. The van der Waals surface area contributed by atoms with E-state index >= 15 is 0 Å². The molecule has 0 aliphatic heterocycles. The summed E-state index contributed by atoms with van der Waals surface area (Å²) in [5.41, 5.74) is 0. The predicted octanol–water partition coefficient (Wildman–Crippen LogP) is 7.78. The van der Waals surface area contributed by atoms with Crippen molar-refractivity contribution in [1.82, 2.24) is 0 Å². The molecule has 9 heteroatoms. The van der Waals surface area contributed by atoms with Gasteiger partial charge < -0.3 is 19.3 Å². The second-order valence-electron chi connectivity index (χ2n) is 10.1. The van der Waals surface area contributed by atoms with Gasteiger partial charge in [0, 0.05) is 12.8 Å². The second kappa shape index (κ2) is 25.3. The molecule has 8 nitrogen and oxygen atoms in total. The Morgan fingerprint density at radius 2 is 0.973 bits per heavy atom. The highest BCUT2D eigenvalue weighted by Crippen LogP contribution is 2.35. The van der Waals surface area contributed by atoms with Crippen molar-refractivity contribution in [3.63, 3.8) is 0 Å². The monoisotopic (exact) mass is 550 g/mol. The van der Waals surface area contributed by atoms with Crippen LogP contribution in [0.25, 0.3) is 0 Å². The fourth-order valence-corrected chi connectivity index (χ4v) is 4.50. The Morgan fingerprint density at radius 3 is 1.38 bits per heavy atom. The summed E-state index contributed by atoms with van der Waals surface area (Å²) in [6.45, 7) is 3.58. The molecule has 2 N–H and O–H groups in total. The van der Waals surface area contributed by atoms with Crippen molar-refractivity contribution < 1.29 is 37.9 Å². The summed E-state index contributed by atoms with van der Waals surface area (Å²) in [5.74, 6) is -0.890. The van der Waals surface area contributed by atoms with Crippen LogP contribution in [0.1, 0.15) is 149 Å². The summed E-state index contributed by atoms with van der Waals surface area (Å²) in [6.07, 6.45) is 21.4. The Balaban J connectivity index is 4.00. The molecule has 37 heavy (non-hydrogen) atoms. The minimum atomic E-state index is -4.72. The first-order valence-corrected chi connectivity index (χ1v) is 16.4. The SMILES string of the molecule is CCCCCCCCCCCCCCCC(=O)O[C@H](COC(=O)CCCCCCCC)COP(=O)(O)O. The quantitative estimate of drug-likeness (QED) is 0.0604. The first kappa shape index (κ1) is 36.0. The van der Waals surface area contributed by atoms with E-state index in [1.54, 1.807) is 0 Å². The first-order chi connectivity index (χ1) is 17.8. The number of phosphoric acid groups is 1. The molecule has 0 heterocycles. The van der Waals surface area contributed by atoms with Crippen LogP contribution in [0.4, 0.5) is 0 Å². The molecule has 0 aromatic rings. The third-order valence-electron chi connectivity index (χ3n) is 6.38. The van der Waals surface area contributed by atoms with Crippen LogP contribution in [0.15, 0.2) is 0 Å². The summed E-state index contributed by atoms with van der Waals surface area (Å²) >= 11 is 0. The Labute approximate surface area is 225 Å². The highest BCUT2D eigenvalue weighted by atomic mass is 31.2. The molecule has 0 aromatic heterocycles. The van der Waals surface area contributed by atoms with Gasteiger partial charge in [-0.25, -0.2) is 4.57 Å². The maximum atomic E-state index is 12.2. The van der Waals surface area contributed by atoms with Gasteiger partial charge in [-0.2, -0.15) is 0 Å². The second-order valence-corrected chi connectivity index (χ2v) is 11.3. The molecule has 0 aliphatic carbocycles. The molecule has 0 unspecified atom stereocenters. The lowest BCUT2D eigenvalue weighted by atomic mass is 10.0. The first-order valence-electron chi connectivity index (χ1n) is 14.8. The van der Waals surface area contributed by atoms with Crippen LogP contribution in [-0.2, 0) is 28.2 Å². The summed E-state index contributed by atoms with van der Waals surface area (Å²) < 4.78 is 26.0. The van der Waals surface area contributed by atoms with Crippen LogP contribution in [0.3, 0.4) is 0 Å². The van der Waals surface area contributed by atoms with Gasteiger partial charge in [0.15, 0.2) is 6.10 Å². The van der Waals surface area contributed by atoms with Gasteiger partial charge >= 0.3 is 19.8 Å². The Kier molecular flexibility index (Phi) is 24.7. The summed E-state index contributed by atoms with van der Waals surface area (Å²) in [7, 11) is -4.72. The van der Waals surface area contributed by atoms with E-state index in [-0.39, 0.29) is 19.4 Å². The third-order valence-corrected chi connectivity index (χ3v) is 6.86. The van der Waals surface area contributed by atoms with Crippen molar-refractivity contribution in [1.29, 1.82) is 0 Å². The minimum absolute atomic E-state index is 0.218. The van der Waals surface area contributed by atoms with E-state index in [0.717, 1.165) is 51.4 Å². The van der Waals surface area contributed by atoms with Gasteiger partial charge in [0.1, 0.15) is 6.61 Å². The van der Waals surface area contributed by atoms with E-state index in [0.29, 0.717) is 6.42 Å². The number of carbonyl (C=O) groups excluding carboxylic acids is 2. The van der Waals surface area contributed by atoms with Gasteiger partial charge in [-0.15, -0.1) is 0 Å².